The van der Waals surface area contributed by atoms with E-state index < -0.39 is 15.4 Å². The topological polar surface area (TPSA) is 63.7 Å². The minimum absolute atomic E-state index is 0.105. The van der Waals surface area contributed by atoms with Crippen LogP contribution in [0.4, 0.5) is 0 Å². The molecule has 0 spiro atoms. The van der Waals surface area contributed by atoms with Gasteiger partial charge in [0.05, 0.1) is 5.25 Å². The van der Waals surface area contributed by atoms with E-state index in [1.165, 1.54) is 0 Å². The van der Waals surface area contributed by atoms with Crippen molar-refractivity contribution in [3.63, 3.8) is 0 Å². The molecule has 0 radical (unpaired) electrons. The molecular weight excluding hydrogens is 326 g/mol. The van der Waals surface area contributed by atoms with Gasteiger partial charge in [-0.2, -0.15) is 8.42 Å². The molecule has 0 bridgehead atoms. The zero-order valence-corrected chi connectivity index (χ0v) is 16.3. The third-order valence-electron chi connectivity index (χ3n) is 3.59. The fourth-order valence-corrected chi connectivity index (χ4v) is 2.67. The molecule has 6 heteroatoms. The Kier molecular flexibility index (Phi) is 7.27. The molecule has 0 atom stereocenters. The zero-order chi connectivity index (χ0) is 18.5. The van der Waals surface area contributed by atoms with Crippen molar-refractivity contribution in [1.29, 1.82) is 0 Å². The van der Waals surface area contributed by atoms with E-state index in [1.807, 2.05) is 32.6 Å². The lowest BCUT2D eigenvalue weighted by Crippen LogP contribution is -2.36. The van der Waals surface area contributed by atoms with Gasteiger partial charge in [-0.25, -0.2) is 0 Å². The maximum atomic E-state index is 12.4. The van der Waals surface area contributed by atoms with Crippen molar-refractivity contribution in [2.24, 2.45) is 5.92 Å². The monoisotopic (exact) mass is 355 g/mol. The van der Waals surface area contributed by atoms with Crippen molar-refractivity contribution in [3.05, 3.63) is 29.8 Å². The van der Waals surface area contributed by atoms with Gasteiger partial charge in [-0.3, -0.25) is 4.79 Å². The molecule has 1 aromatic carbocycles. The molecular formula is C18H29NO4S. The van der Waals surface area contributed by atoms with Crippen molar-refractivity contribution in [2.75, 3.05) is 0 Å². The van der Waals surface area contributed by atoms with Gasteiger partial charge in [0.15, 0.2) is 0 Å². The molecule has 0 saturated carbocycles. The van der Waals surface area contributed by atoms with Crippen LogP contribution in [0.15, 0.2) is 24.3 Å². The number of hydrogen-bond donors (Lipinski definition) is 0. The summed E-state index contributed by atoms with van der Waals surface area (Å²) in [5.74, 6) is 0.732. The molecule has 1 rings (SSSR count). The van der Waals surface area contributed by atoms with Gasteiger partial charge in [0.1, 0.15) is 5.75 Å². The quantitative estimate of drug-likeness (QED) is 0.669. The first-order valence-electron chi connectivity index (χ1n) is 8.34. The van der Waals surface area contributed by atoms with Crippen LogP contribution in [0.25, 0.3) is 0 Å². The van der Waals surface area contributed by atoms with Gasteiger partial charge in [0.2, 0.25) is 5.91 Å². The Bertz CT molecular complexity index is 633. The molecule has 24 heavy (non-hydrogen) atoms. The summed E-state index contributed by atoms with van der Waals surface area (Å²) < 4.78 is 28.6. The Balaban J connectivity index is 2.82. The van der Waals surface area contributed by atoms with Crippen LogP contribution in [0.3, 0.4) is 0 Å². The lowest BCUT2D eigenvalue weighted by atomic mass is 10.1. The Hall–Kier alpha value is -1.56. The number of rotatable bonds is 8. The highest BCUT2D eigenvalue weighted by atomic mass is 32.2. The largest absolute Gasteiger partial charge is 0.382 e. The van der Waals surface area contributed by atoms with Crippen LogP contribution >= 0.6 is 0 Å². The molecule has 1 amide bonds. The fourth-order valence-electron chi connectivity index (χ4n) is 2.10. The summed E-state index contributed by atoms with van der Waals surface area (Å²) >= 11 is 0. The summed E-state index contributed by atoms with van der Waals surface area (Å²) in [5, 5.41) is -0.595. The smallest absolute Gasteiger partial charge is 0.311 e. The summed E-state index contributed by atoms with van der Waals surface area (Å²) in [7, 11) is -3.59. The first-order chi connectivity index (χ1) is 11.0. The van der Waals surface area contributed by atoms with Crippen molar-refractivity contribution < 1.29 is 17.4 Å². The van der Waals surface area contributed by atoms with Crippen LogP contribution in [0, 0.1) is 5.92 Å². The predicted molar refractivity (Wildman–Crippen MR) is 96.3 cm³/mol. The molecule has 136 valence electrons. The third kappa shape index (κ3) is 6.15. The van der Waals surface area contributed by atoms with Crippen molar-refractivity contribution >= 4 is 16.0 Å². The SMILES string of the molecule is CC(C)CC(=O)N(Cc1ccc(OS(=O)(=O)C(C)C)cc1)C(C)C. The molecule has 5 nitrogen and oxygen atoms in total. The Morgan fingerprint density at radius 1 is 1.04 bits per heavy atom. The average molecular weight is 356 g/mol. The van der Waals surface area contributed by atoms with E-state index in [1.54, 1.807) is 38.1 Å². The first kappa shape index (κ1) is 20.5. The minimum atomic E-state index is -3.59. The van der Waals surface area contributed by atoms with Crippen molar-refractivity contribution in [3.8, 4) is 5.75 Å². The predicted octanol–water partition coefficient (Wildman–Crippen LogP) is 3.59. The van der Waals surface area contributed by atoms with Crippen molar-refractivity contribution in [2.45, 2.75) is 65.8 Å². The number of benzene rings is 1. The third-order valence-corrected chi connectivity index (χ3v) is 5.17. The van der Waals surface area contributed by atoms with Crippen LogP contribution in [0.5, 0.6) is 5.75 Å². The molecule has 0 unspecified atom stereocenters. The Morgan fingerprint density at radius 3 is 2.00 bits per heavy atom. The standard InChI is InChI=1S/C18H29NO4S/c1-13(2)11-18(20)19(14(3)4)12-16-7-9-17(10-8-16)23-24(21,22)15(5)6/h7-10,13-15H,11-12H2,1-6H3. The van der Waals surface area contributed by atoms with Crippen LogP contribution in [-0.2, 0) is 21.5 Å². The van der Waals surface area contributed by atoms with Crippen molar-refractivity contribution in [1.82, 2.24) is 4.90 Å². The second kappa shape index (κ2) is 8.51. The molecule has 0 aliphatic heterocycles. The van der Waals surface area contributed by atoms with E-state index in [4.69, 9.17) is 4.18 Å². The van der Waals surface area contributed by atoms with Gasteiger partial charge in [0.25, 0.3) is 0 Å². The van der Waals surface area contributed by atoms with Gasteiger partial charge in [-0.1, -0.05) is 26.0 Å². The van der Waals surface area contributed by atoms with Gasteiger partial charge in [0, 0.05) is 19.0 Å². The number of carbonyl (C=O) groups excluding carboxylic acids is 1. The van der Waals surface area contributed by atoms with E-state index in [0.29, 0.717) is 18.9 Å². The summed E-state index contributed by atoms with van der Waals surface area (Å²) in [6, 6.07) is 6.95. The van der Waals surface area contributed by atoms with Crippen LogP contribution < -0.4 is 4.18 Å². The molecule has 0 fully saturated rings. The lowest BCUT2D eigenvalue weighted by Gasteiger charge is -2.27. The van der Waals surface area contributed by atoms with Crippen LogP contribution in [0.1, 0.15) is 53.5 Å². The summed E-state index contributed by atoms with van der Waals surface area (Å²) in [4.78, 5) is 14.2. The van der Waals surface area contributed by atoms with Gasteiger partial charge >= 0.3 is 10.1 Å². The molecule has 0 heterocycles. The minimum Gasteiger partial charge on any atom is -0.382 e. The number of amides is 1. The molecule has 1 aromatic rings. The summed E-state index contributed by atoms with van der Waals surface area (Å²) in [5.41, 5.74) is 0.940. The fraction of sp³-hybridized carbons (Fsp3) is 0.611. The summed E-state index contributed by atoms with van der Waals surface area (Å²) in [6.07, 6.45) is 0.520. The van der Waals surface area contributed by atoms with E-state index in [0.717, 1.165) is 5.56 Å². The molecule has 0 aromatic heterocycles. The highest BCUT2D eigenvalue weighted by Crippen LogP contribution is 2.19. The average Bonchev–Trinajstić information content (AvgIpc) is 2.44. The van der Waals surface area contributed by atoms with Gasteiger partial charge in [-0.15, -0.1) is 0 Å². The number of nitrogens with zero attached hydrogens (tertiary/aromatic N) is 1. The second-order valence-electron chi connectivity index (χ2n) is 6.98. The molecule has 0 N–H and O–H groups in total. The zero-order valence-electron chi connectivity index (χ0n) is 15.4. The van der Waals surface area contributed by atoms with E-state index in [-0.39, 0.29) is 17.7 Å². The maximum Gasteiger partial charge on any atom is 0.311 e. The number of carbonyl (C=O) groups is 1. The maximum absolute atomic E-state index is 12.4. The molecule has 0 saturated heterocycles. The van der Waals surface area contributed by atoms with Crippen LogP contribution in [0.2, 0.25) is 0 Å². The molecule has 0 aliphatic rings. The van der Waals surface area contributed by atoms with E-state index >= 15 is 0 Å². The van der Waals surface area contributed by atoms with E-state index in [2.05, 4.69) is 0 Å². The first-order valence-corrected chi connectivity index (χ1v) is 9.81. The van der Waals surface area contributed by atoms with E-state index in [9.17, 15) is 13.2 Å². The highest BCUT2D eigenvalue weighted by molar-refractivity contribution is 7.87. The van der Waals surface area contributed by atoms with Crippen LogP contribution in [-0.4, -0.2) is 30.5 Å². The second-order valence-corrected chi connectivity index (χ2v) is 9.08. The highest BCUT2D eigenvalue weighted by Gasteiger charge is 2.20. The van der Waals surface area contributed by atoms with Gasteiger partial charge in [-0.05, 0) is 51.3 Å². The number of hydrogen-bond acceptors (Lipinski definition) is 4. The summed E-state index contributed by atoms with van der Waals surface area (Å²) in [6.45, 7) is 11.7. The Labute approximate surface area is 146 Å². The normalized spacial score (nSPS) is 12.0. The van der Waals surface area contributed by atoms with Gasteiger partial charge < -0.3 is 9.08 Å². The molecule has 0 aliphatic carbocycles. The lowest BCUT2D eigenvalue weighted by molar-refractivity contribution is -0.134. The Morgan fingerprint density at radius 2 is 1.58 bits per heavy atom.